The molecule has 0 aliphatic carbocycles. The minimum Gasteiger partial charge on any atom is -0.398 e. The van der Waals surface area contributed by atoms with Crippen molar-refractivity contribution in [2.24, 2.45) is 0 Å². The Balaban J connectivity index is 3.59. The lowest BCUT2D eigenvalue weighted by Crippen LogP contribution is -2.02. The molecule has 0 radical (unpaired) electrons. The Morgan fingerprint density at radius 2 is 1.29 bits per heavy atom. The smallest absolute Gasteiger partial charge is 0.0379 e. The third kappa shape index (κ3) is 1.54. The molecule has 0 aromatic heterocycles. The molecule has 76 valence electrons. The van der Waals surface area contributed by atoms with Crippen LogP contribution >= 0.6 is 0 Å². The van der Waals surface area contributed by atoms with Crippen LogP contribution in [0, 0.1) is 27.7 Å². The van der Waals surface area contributed by atoms with Crippen LogP contribution in [-0.2, 0) is 0 Å². The van der Waals surface area contributed by atoms with Crippen molar-refractivity contribution in [1.29, 1.82) is 0 Å². The molecule has 0 aliphatic heterocycles. The van der Waals surface area contributed by atoms with Gasteiger partial charge in [-0.15, -0.1) is 0 Å². The van der Waals surface area contributed by atoms with Crippen LogP contribution in [0.5, 0.6) is 0 Å². The van der Waals surface area contributed by atoms with Gasteiger partial charge in [-0.2, -0.15) is 0 Å². The lowest BCUT2D eigenvalue weighted by molar-refractivity contribution is 1.23. The van der Waals surface area contributed by atoms with Gasteiger partial charge < -0.3 is 5.73 Å². The Kier molecular flexibility index (Phi) is 3.00. The van der Waals surface area contributed by atoms with E-state index in [1.165, 1.54) is 27.8 Å². The molecule has 2 N–H and O–H groups in total. The van der Waals surface area contributed by atoms with Crippen molar-refractivity contribution < 1.29 is 0 Å². The molecular formula is C13H19N. The molecule has 14 heavy (non-hydrogen) atoms. The predicted octanol–water partition coefficient (Wildman–Crippen LogP) is 3.54. The summed E-state index contributed by atoms with van der Waals surface area (Å²) in [6.07, 6.45) is 4.23. The zero-order valence-corrected chi connectivity index (χ0v) is 9.73. The summed E-state index contributed by atoms with van der Waals surface area (Å²) in [4.78, 5) is 0. The molecule has 0 amide bonds. The number of nitrogens with two attached hydrogens (primary N) is 1. The maximum absolute atomic E-state index is 6.02. The average molecular weight is 189 g/mol. The molecular weight excluding hydrogens is 170 g/mol. The van der Waals surface area contributed by atoms with Gasteiger partial charge in [0.15, 0.2) is 0 Å². The summed E-state index contributed by atoms with van der Waals surface area (Å²) >= 11 is 0. The molecule has 0 saturated heterocycles. The Bertz CT molecular complexity index is 358. The summed E-state index contributed by atoms with van der Waals surface area (Å²) in [5.41, 5.74) is 13.3. The molecule has 1 heteroatoms. The van der Waals surface area contributed by atoms with E-state index < -0.39 is 0 Å². The second kappa shape index (κ2) is 3.87. The second-order valence-corrected chi connectivity index (χ2v) is 3.83. The molecule has 1 nitrogen and oxygen atoms in total. The first-order valence-corrected chi connectivity index (χ1v) is 4.99. The lowest BCUT2D eigenvalue weighted by Gasteiger charge is -2.15. The van der Waals surface area contributed by atoms with Gasteiger partial charge in [0.05, 0.1) is 0 Å². The molecule has 0 fully saturated rings. The Morgan fingerprint density at radius 1 is 0.857 bits per heavy atom. The first-order chi connectivity index (χ1) is 6.50. The van der Waals surface area contributed by atoms with Gasteiger partial charge in [0, 0.05) is 5.69 Å². The maximum atomic E-state index is 6.02. The lowest BCUT2D eigenvalue weighted by atomic mass is 9.92. The normalized spacial score (nSPS) is 11.2. The molecule has 0 atom stereocenters. The van der Waals surface area contributed by atoms with Gasteiger partial charge in [-0.3, -0.25) is 0 Å². The van der Waals surface area contributed by atoms with Crippen LogP contribution in [0.1, 0.15) is 34.7 Å². The van der Waals surface area contributed by atoms with E-state index >= 15 is 0 Å². The van der Waals surface area contributed by atoms with Crippen LogP contribution in [0.4, 0.5) is 5.69 Å². The van der Waals surface area contributed by atoms with Gasteiger partial charge in [-0.1, -0.05) is 12.2 Å². The largest absolute Gasteiger partial charge is 0.398 e. The highest BCUT2D eigenvalue weighted by atomic mass is 14.6. The van der Waals surface area contributed by atoms with Crippen LogP contribution in [0.25, 0.3) is 6.08 Å². The molecule has 0 bridgehead atoms. The van der Waals surface area contributed by atoms with E-state index in [1.54, 1.807) is 0 Å². The van der Waals surface area contributed by atoms with E-state index in [9.17, 15) is 0 Å². The summed E-state index contributed by atoms with van der Waals surface area (Å²) in [6.45, 7) is 10.5. The Hall–Kier alpha value is -1.24. The van der Waals surface area contributed by atoms with Crippen molar-refractivity contribution in [2.45, 2.75) is 34.6 Å². The van der Waals surface area contributed by atoms with E-state index in [0.717, 1.165) is 5.69 Å². The molecule has 1 aromatic carbocycles. The fourth-order valence-corrected chi connectivity index (χ4v) is 1.79. The number of hydrogen-bond acceptors (Lipinski definition) is 1. The number of nitrogen functional groups attached to an aromatic ring is 1. The number of rotatable bonds is 1. The quantitative estimate of drug-likeness (QED) is 0.672. The van der Waals surface area contributed by atoms with Gasteiger partial charge in [-0.05, 0) is 62.4 Å². The third-order valence-corrected chi connectivity index (χ3v) is 3.07. The number of benzene rings is 1. The van der Waals surface area contributed by atoms with Gasteiger partial charge >= 0.3 is 0 Å². The SMILES string of the molecule is C/C=C/c1c(C)c(C)c(N)c(C)c1C. The summed E-state index contributed by atoms with van der Waals surface area (Å²) < 4.78 is 0. The predicted molar refractivity (Wildman–Crippen MR) is 64.5 cm³/mol. The fourth-order valence-electron chi connectivity index (χ4n) is 1.79. The Labute approximate surface area is 86.6 Å². The van der Waals surface area contributed by atoms with Crippen LogP contribution in [0.2, 0.25) is 0 Å². The van der Waals surface area contributed by atoms with E-state index in [0.29, 0.717) is 0 Å². The zero-order valence-electron chi connectivity index (χ0n) is 9.73. The first-order valence-electron chi connectivity index (χ1n) is 4.99. The van der Waals surface area contributed by atoms with Crippen LogP contribution in [-0.4, -0.2) is 0 Å². The van der Waals surface area contributed by atoms with Crippen LogP contribution < -0.4 is 5.73 Å². The van der Waals surface area contributed by atoms with Gasteiger partial charge in [-0.25, -0.2) is 0 Å². The molecule has 0 heterocycles. The summed E-state index contributed by atoms with van der Waals surface area (Å²) in [5.74, 6) is 0. The average Bonchev–Trinajstić information content (AvgIpc) is 2.19. The zero-order chi connectivity index (χ0) is 10.9. The van der Waals surface area contributed by atoms with Crippen molar-refractivity contribution in [1.82, 2.24) is 0 Å². The minimum atomic E-state index is 0.938. The van der Waals surface area contributed by atoms with Crippen molar-refractivity contribution in [3.63, 3.8) is 0 Å². The fraction of sp³-hybridized carbons (Fsp3) is 0.385. The van der Waals surface area contributed by atoms with Crippen molar-refractivity contribution in [3.8, 4) is 0 Å². The number of allylic oxidation sites excluding steroid dienone is 1. The topological polar surface area (TPSA) is 26.0 Å². The van der Waals surface area contributed by atoms with Crippen molar-refractivity contribution in [2.75, 3.05) is 5.73 Å². The molecule has 1 aromatic rings. The molecule has 1 rings (SSSR count). The second-order valence-electron chi connectivity index (χ2n) is 3.83. The standard InChI is InChI=1S/C13H19N/c1-6-7-12-8(2)10(4)13(14)11(5)9(12)3/h6-7H,14H2,1-5H3/b7-6+. The van der Waals surface area contributed by atoms with E-state index in [2.05, 4.69) is 39.8 Å². The highest BCUT2D eigenvalue weighted by Crippen LogP contribution is 2.29. The molecule has 0 unspecified atom stereocenters. The monoisotopic (exact) mass is 189 g/mol. The minimum absolute atomic E-state index is 0.938. The van der Waals surface area contributed by atoms with Gasteiger partial charge in [0.1, 0.15) is 0 Å². The maximum Gasteiger partial charge on any atom is 0.0379 e. The summed E-state index contributed by atoms with van der Waals surface area (Å²) in [5, 5.41) is 0. The van der Waals surface area contributed by atoms with E-state index in [4.69, 9.17) is 5.73 Å². The molecule has 0 spiro atoms. The summed E-state index contributed by atoms with van der Waals surface area (Å²) in [7, 11) is 0. The third-order valence-electron chi connectivity index (χ3n) is 3.07. The highest BCUT2D eigenvalue weighted by Gasteiger charge is 2.09. The van der Waals surface area contributed by atoms with Crippen molar-refractivity contribution >= 4 is 11.8 Å². The Morgan fingerprint density at radius 3 is 1.64 bits per heavy atom. The van der Waals surface area contributed by atoms with Gasteiger partial charge in [0.2, 0.25) is 0 Å². The van der Waals surface area contributed by atoms with E-state index in [-0.39, 0.29) is 0 Å². The number of hydrogen-bond donors (Lipinski definition) is 1. The van der Waals surface area contributed by atoms with Gasteiger partial charge in [0.25, 0.3) is 0 Å². The molecule has 0 saturated carbocycles. The summed E-state index contributed by atoms with van der Waals surface area (Å²) in [6, 6.07) is 0. The van der Waals surface area contributed by atoms with Crippen LogP contribution in [0.3, 0.4) is 0 Å². The van der Waals surface area contributed by atoms with E-state index in [1.807, 2.05) is 6.92 Å². The molecule has 0 aliphatic rings. The highest BCUT2D eigenvalue weighted by molar-refractivity contribution is 5.69. The number of anilines is 1. The van der Waals surface area contributed by atoms with Crippen LogP contribution in [0.15, 0.2) is 6.08 Å². The van der Waals surface area contributed by atoms with Crippen molar-refractivity contribution in [3.05, 3.63) is 33.9 Å². The first kappa shape index (κ1) is 10.8.